The zero-order valence-corrected chi connectivity index (χ0v) is 12.4. The Morgan fingerprint density at radius 2 is 1.76 bits per heavy atom. The molecule has 0 atom stereocenters. The van der Waals surface area contributed by atoms with Crippen LogP contribution in [0.2, 0.25) is 0 Å². The first kappa shape index (κ1) is 15.5. The Morgan fingerprint density at radius 1 is 1.14 bits per heavy atom. The largest absolute Gasteiger partial charge is 0.359 e. The summed E-state index contributed by atoms with van der Waals surface area (Å²) in [6.07, 6.45) is 4.77. The molecule has 1 fully saturated rings. The topological polar surface area (TPSA) is 84.2 Å². The highest BCUT2D eigenvalue weighted by atomic mass is 16.2. The van der Waals surface area contributed by atoms with Crippen LogP contribution in [-0.2, 0) is 16.0 Å². The lowest BCUT2D eigenvalue weighted by molar-refractivity contribution is -0.120. The van der Waals surface area contributed by atoms with Gasteiger partial charge in [0.1, 0.15) is 0 Å². The number of anilines is 1. The summed E-state index contributed by atoms with van der Waals surface area (Å²) >= 11 is 0. The molecule has 5 heteroatoms. The Labute approximate surface area is 125 Å². The van der Waals surface area contributed by atoms with Crippen LogP contribution in [0, 0.1) is 0 Å². The number of benzene rings is 1. The van der Waals surface area contributed by atoms with Gasteiger partial charge in [-0.15, -0.1) is 0 Å². The van der Waals surface area contributed by atoms with Gasteiger partial charge in [0, 0.05) is 24.7 Å². The molecule has 0 heterocycles. The van der Waals surface area contributed by atoms with Crippen molar-refractivity contribution < 1.29 is 9.59 Å². The molecule has 0 radical (unpaired) electrons. The Morgan fingerprint density at radius 3 is 2.33 bits per heavy atom. The minimum Gasteiger partial charge on any atom is -0.359 e. The fraction of sp³-hybridized carbons (Fsp3) is 0.500. The van der Waals surface area contributed by atoms with Crippen LogP contribution in [-0.4, -0.2) is 24.4 Å². The van der Waals surface area contributed by atoms with Gasteiger partial charge in [0.05, 0.1) is 6.42 Å². The van der Waals surface area contributed by atoms with Gasteiger partial charge in [-0.05, 0) is 30.5 Å². The number of carbonyl (C=O) groups is 2. The maximum atomic E-state index is 12.0. The van der Waals surface area contributed by atoms with Gasteiger partial charge in [-0.25, -0.2) is 0 Å². The number of hydrogen-bond donors (Lipinski definition) is 3. The molecule has 2 rings (SSSR count). The predicted octanol–water partition coefficient (Wildman–Crippen LogP) is 1.58. The van der Waals surface area contributed by atoms with E-state index in [0.717, 1.165) is 36.9 Å². The maximum Gasteiger partial charge on any atom is 0.226 e. The lowest BCUT2D eigenvalue weighted by Gasteiger charge is -2.22. The second kappa shape index (κ2) is 6.72. The first-order valence-electron chi connectivity index (χ1n) is 7.39. The van der Waals surface area contributed by atoms with Crippen molar-refractivity contribution in [3.8, 4) is 0 Å². The summed E-state index contributed by atoms with van der Waals surface area (Å²) in [6.45, 7) is 0. The van der Waals surface area contributed by atoms with Crippen molar-refractivity contribution in [1.82, 2.24) is 5.32 Å². The van der Waals surface area contributed by atoms with Gasteiger partial charge in [0.25, 0.3) is 0 Å². The average molecular weight is 289 g/mol. The molecule has 1 aromatic rings. The van der Waals surface area contributed by atoms with E-state index in [2.05, 4.69) is 10.6 Å². The molecule has 114 valence electrons. The molecule has 0 bridgehead atoms. The molecule has 2 amide bonds. The van der Waals surface area contributed by atoms with Crippen LogP contribution in [0.5, 0.6) is 0 Å². The molecule has 1 aromatic carbocycles. The van der Waals surface area contributed by atoms with Crippen LogP contribution in [0.3, 0.4) is 0 Å². The van der Waals surface area contributed by atoms with Gasteiger partial charge in [-0.2, -0.15) is 0 Å². The number of likely N-dealkylation sites (N-methyl/N-ethyl adjacent to an activating group) is 1. The second-order valence-corrected chi connectivity index (χ2v) is 5.84. The highest BCUT2D eigenvalue weighted by Gasteiger charge is 2.31. The zero-order chi connectivity index (χ0) is 15.3. The molecule has 21 heavy (non-hydrogen) atoms. The lowest BCUT2D eigenvalue weighted by Crippen LogP contribution is -2.40. The third-order valence-electron chi connectivity index (χ3n) is 3.99. The van der Waals surface area contributed by atoms with E-state index in [1.807, 2.05) is 24.3 Å². The van der Waals surface area contributed by atoms with Crippen LogP contribution in [0.4, 0.5) is 5.69 Å². The molecule has 1 aliphatic rings. The lowest BCUT2D eigenvalue weighted by atomic mass is 9.94. The van der Waals surface area contributed by atoms with E-state index in [9.17, 15) is 9.59 Å². The monoisotopic (exact) mass is 289 g/mol. The number of carbonyl (C=O) groups excluding carboxylic acids is 2. The smallest absolute Gasteiger partial charge is 0.226 e. The van der Waals surface area contributed by atoms with Crippen molar-refractivity contribution in [2.45, 2.75) is 44.1 Å². The quantitative estimate of drug-likeness (QED) is 0.769. The van der Waals surface area contributed by atoms with Crippen molar-refractivity contribution in [3.05, 3.63) is 29.8 Å². The van der Waals surface area contributed by atoms with E-state index in [1.165, 1.54) is 0 Å². The third-order valence-corrected chi connectivity index (χ3v) is 3.99. The van der Waals surface area contributed by atoms with Crippen molar-refractivity contribution in [1.29, 1.82) is 0 Å². The molecule has 1 aliphatic carbocycles. The van der Waals surface area contributed by atoms with Crippen molar-refractivity contribution in [2.24, 2.45) is 5.73 Å². The number of amides is 2. The summed E-state index contributed by atoms with van der Waals surface area (Å²) in [6, 6.07) is 7.32. The Kier molecular flexibility index (Phi) is 4.96. The Hall–Kier alpha value is -1.88. The first-order valence-corrected chi connectivity index (χ1v) is 7.39. The highest BCUT2D eigenvalue weighted by molar-refractivity contribution is 5.91. The van der Waals surface area contributed by atoms with E-state index < -0.39 is 0 Å². The minimum absolute atomic E-state index is 0.0295. The molecule has 0 unspecified atom stereocenters. The summed E-state index contributed by atoms with van der Waals surface area (Å²) in [5, 5.41) is 5.45. The predicted molar refractivity (Wildman–Crippen MR) is 82.8 cm³/mol. The van der Waals surface area contributed by atoms with Crippen molar-refractivity contribution >= 4 is 17.5 Å². The zero-order valence-electron chi connectivity index (χ0n) is 12.4. The molecular weight excluding hydrogens is 266 g/mol. The Bertz CT molecular complexity index is 505. The van der Waals surface area contributed by atoms with Gasteiger partial charge < -0.3 is 16.4 Å². The maximum absolute atomic E-state index is 12.0. The molecule has 5 nitrogen and oxygen atoms in total. The van der Waals surface area contributed by atoms with Gasteiger partial charge >= 0.3 is 0 Å². The van der Waals surface area contributed by atoms with E-state index in [1.54, 1.807) is 7.05 Å². The second-order valence-electron chi connectivity index (χ2n) is 5.84. The molecule has 0 aromatic heterocycles. The van der Waals surface area contributed by atoms with Crippen LogP contribution in [0.15, 0.2) is 24.3 Å². The van der Waals surface area contributed by atoms with E-state index in [4.69, 9.17) is 5.73 Å². The molecular formula is C16H23N3O2. The molecule has 0 spiro atoms. The first-order chi connectivity index (χ1) is 10.0. The molecule has 0 saturated heterocycles. The highest BCUT2D eigenvalue weighted by Crippen LogP contribution is 2.30. The van der Waals surface area contributed by atoms with Gasteiger partial charge in [0.2, 0.25) is 11.8 Å². The third kappa shape index (κ3) is 4.56. The van der Waals surface area contributed by atoms with Gasteiger partial charge in [-0.3, -0.25) is 9.59 Å². The van der Waals surface area contributed by atoms with Gasteiger partial charge in [0.15, 0.2) is 0 Å². The number of nitrogens with two attached hydrogens (primary N) is 1. The van der Waals surface area contributed by atoms with E-state index in [-0.39, 0.29) is 17.4 Å². The summed E-state index contributed by atoms with van der Waals surface area (Å²) in [5.74, 6) is -0.0726. The molecule has 4 N–H and O–H groups in total. The normalized spacial score (nSPS) is 16.5. The molecule has 0 aliphatic heterocycles. The van der Waals surface area contributed by atoms with E-state index in [0.29, 0.717) is 12.8 Å². The summed E-state index contributed by atoms with van der Waals surface area (Å²) < 4.78 is 0. The van der Waals surface area contributed by atoms with Gasteiger partial charge in [-0.1, -0.05) is 25.0 Å². The number of hydrogen-bond acceptors (Lipinski definition) is 3. The SMILES string of the molecule is CNC(=O)Cc1ccc(NC(=O)CC2(N)CCCC2)cc1. The average Bonchev–Trinajstić information content (AvgIpc) is 2.87. The van der Waals surface area contributed by atoms with Crippen LogP contribution in [0.1, 0.15) is 37.7 Å². The Balaban J connectivity index is 1.87. The van der Waals surface area contributed by atoms with Crippen molar-refractivity contribution in [2.75, 3.05) is 12.4 Å². The number of nitrogens with one attached hydrogen (secondary N) is 2. The standard InChI is InChI=1S/C16H23N3O2/c1-18-14(20)10-12-4-6-13(7-5-12)19-15(21)11-16(17)8-2-3-9-16/h4-7H,2-3,8-11,17H2,1H3,(H,18,20)(H,19,21). The van der Waals surface area contributed by atoms with Crippen LogP contribution in [0.25, 0.3) is 0 Å². The van der Waals surface area contributed by atoms with Crippen LogP contribution < -0.4 is 16.4 Å². The van der Waals surface area contributed by atoms with Crippen molar-refractivity contribution in [3.63, 3.8) is 0 Å². The minimum atomic E-state index is -0.330. The summed E-state index contributed by atoms with van der Waals surface area (Å²) in [4.78, 5) is 23.3. The molecule has 1 saturated carbocycles. The van der Waals surface area contributed by atoms with E-state index >= 15 is 0 Å². The number of rotatable bonds is 5. The summed E-state index contributed by atoms with van der Waals surface area (Å²) in [5.41, 5.74) is 7.53. The fourth-order valence-electron chi connectivity index (χ4n) is 2.76. The van der Waals surface area contributed by atoms with Crippen LogP contribution >= 0.6 is 0 Å². The summed E-state index contributed by atoms with van der Waals surface area (Å²) in [7, 11) is 1.61. The fourth-order valence-corrected chi connectivity index (χ4v) is 2.76.